The number of nitrogen functional groups attached to an aromatic ring is 1. The van der Waals surface area contributed by atoms with Crippen molar-refractivity contribution >= 4 is 28.9 Å². The van der Waals surface area contributed by atoms with Gasteiger partial charge in [-0.25, -0.2) is 0 Å². The lowest BCUT2D eigenvalue weighted by Crippen LogP contribution is -2.30. The Hall–Kier alpha value is -1.77. The summed E-state index contributed by atoms with van der Waals surface area (Å²) >= 11 is 6.02. The first-order chi connectivity index (χ1) is 10.1. The molecular weight excluding hydrogens is 288 g/mol. The van der Waals surface area contributed by atoms with E-state index in [0.29, 0.717) is 41.8 Å². The van der Waals surface area contributed by atoms with E-state index in [1.54, 1.807) is 18.2 Å². The summed E-state index contributed by atoms with van der Waals surface area (Å²) in [5.41, 5.74) is 6.75. The van der Waals surface area contributed by atoms with Crippen LogP contribution in [0.3, 0.4) is 0 Å². The van der Waals surface area contributed by atoms with Crippen molar-refractivity contribution in [3.63, 3.8) is 0 Å². The molecule has 21 heavy (non-hydrogen) atoms. The number of carbonyl (C=O) groups excluding carboxylic acids is 1. The van der Waals surface area contributed by atoms with E-state index in [-0.39, 0.29) is 5.91 Å². The largest absolute Gasteiger partial charge is 0.399 e. The minimum atomic E-state index is -0.0794. The first kappa shape index (κ1) is 15.6. The van der Waals surface area contributed by atoms with Gasteiger partial charge in [0.2, 0.25) is 5.91 Å². The van der Waals surface area contributed by atoms with Gasteiger partial charge in [-0.1, -0.05) is 11.6 Å². The summed E-state index contributed by atoms with van der Waals surface area (Å²) < 4.78 is 0. The van der Waals surface area contributed by atoms with E-state index in [0.717, 1.165) is 19.4 Å². The van der Waals surface area contributed by atoms with E-state index in [9.17, 15) is 4.79 Å². The Morgan fingerprint density at radius 2 is 2.24 bits per heavy atom. The molecule has 0 saturated heterocycles. The van der Waals surface area contributed by atoms with Gasteiger partial charge >= 0.3 is 0 Å². The molecule has 0 aromatic heterocycles. The van der Waals surface area contributed by atoms with E-state index in [1.165, 1.54) is 0 Å². The molecule has 5 nitrogen and oxygen atoms in total. The van der Waals surface area contributed by atoms with Crippen molar-refractivity contribution in [2.24, 2.45) is 0 Å². The highest BCUT2D eigenvalue weighted by Crippen LogP contribution is 2.27. The third kappa shape index (κ3) is 4.92. The minimum absolute atomic E-state index is 0.0794. The number of nitrogens with one attached hydrogen (secondary N) is 1. The lowest BCUT2D eigenvalue weighted by atomic mass is 10.2. The number of nitrogens with two attached hydrogens (primary N) is 1. The fourth-order valence-corrected chi connectivity index (χ4v) is 2.44. The van der Waals surface area contributed by atoms with Crippen LogP contribution in [0.15, 0.2) is 18.2 Å². The first-order valence-electron chi connectivity index (χ1n) is 7.06. The van der Waals surface area contributed by atoms with Gasteiger partial charge in [-0.05, 0) is 31.0 Å². The van der Waals surface area contributed by atoms with Crippen LogP contribution in [0.4, 0.5) is 11.4 Å². The average molecular weight is 307 g/mol. The maximum atomic E-state index is 12.0. The van der Waals surface area contributed by atoms with Crippen molar-refractivity contribution in [3.05, 3.63) is 23.2 Å². The molecule has 1 amide bonds. The maximum Gasteiger partial charge on any atom is 0.225 e. The third-order valence-electron chi connectivity index (χ3n) is 3.47. The number of anilines is 2. The Balaban J connectivity index is 1.82. The molecule has 0 radical (unpaired) electrons. The van der Waals surface area contributed by atoms with E-state index in [1.807, 2.05) is 0 Å². The Bertz CT molecular complexity index is 551. The highest BCUT2D eigenvalue weighted by Gasteiger charge is 2.28. The van der Waals surface area contributed by atoms with E-state index in [2.05, 4.69) is 16.3 Å². The van der Waals surface area contributed by atoms with Gasteiger partial charge in [0, 0.05) is 37.7 Å². The maximum absolute atomic E-state index is 12.0. The molecular formula is C15H19ClN4O. The second-order valence-electron chi connectivity index (χ2n) is 5.21. The molecule has 0 bridgehead atoms. The smallest absolute Gasteiger partial charge is 0.225 e. The van der Waals surface area contributed by atoms with Gasteiger partial charge in [-0.2, -0.15) is 5.26 Å². The number of hydrogen-bond acceptors (Lipinski definition) is 4. The van der Waals surface area contributed by atoms with Crippen LogP contribution in [0.5, 0.6) is 0 Å². The zero-order chi connectivity index (χ0) is 15.2. The Morgan fingerprint density at radius 1 is 1.48 bits per heavy atom. The molecule has 2 rings (SSSR count). The number of hydrogen-bond donors (Lipinski definition) is 2. The molecule has 0 atom stereocenters. The second kappa shape index (κ2) is 7.30. The van der Waals surface area contributed by atoms with Crippen molar-refractivity contribution < 1.29 is 4.79 Å². The van der Waals surface area contributed by atoms with E-state index in [4.69, 9.17) is 22.6 Å². The fraction of sp³-hybridized carbons (Fsp3) is 0.467. The minimum Gasteiger partial charge on any atom is -0.399 e. The van der Waals surface area contributed by atoms with Crippen molar-refractivity contribution in [1.29, 1.82) is 5.26 Å². The molecule has 0 aliphatic heterocycles. The monoisotopic (exact) mass is 306 g/mol. The Morgan fingerprint density at radius 3 is 2.86 bits per heavy atom. The lowest BCUT2D eigenvalue weighted by molar-refractivity contribution is -0.116. The van der Waals surface area contributed by atoms with Crippen LogP contribution in [0.2, 0.25) is 5.02 Å². The van der Waals surface area contributed by atoms with Crippen LogP contribution in [0, 0.1) is 11.3 Å². The molecule has 1 aromatic rings. The van der Waals surface area contributed by atoms with Crippen molar-refractivity contribution in [3.8, 4) is 6.07 Å². The highest BCUT2D eigenvalue weighted by molar-refractivity contribution is 6.34. The molecule has 0 heterocycles. The molecule has 1 fully saturated rings. The molecule has 3 N–H and O–H groups in total. The summed E-state index contributed by atoms with van der Waals surface area (Å²) in [5, 5.41) is 11.9. The van der Waals surface area contributed by atoms with Gasteiger partial charge in [0.05, 0.1) is 16.8 Å². The molecule has 1 saturated carbocycles. The van der Waals surface area contributed by atoms with Crippen LogP contribution in [0.1, 0.15) is 25.7 Å². The molecule has 0 spiro atoms. The number of carbonyl (C=O) groups is 1. The Kier molecular flexibility index (Phi) is 5.43. The van der Waals surface area contributed by atoms with E-state index >= 15 is 0 Å². The zero-order valence-corrected chi connectivity index (χ0v) is 12.6. The van der Waals surface area contributed by atoms with E-state index < -0.39 is 0 Å². The number of nitrogens with zero attached hydrogens (tertiary/aromatic N) is 2. The van der Waals surface area contributed by atoms with Crippen LogP contribution in [-0.2, 0) is 4.79 Å². The molecule has 1 aliphatic rings. The molecule has 6 heteroatoms. The topological polar surface area (TPSA) is 82.2 Å². The van der Waals surface area contributed by atoms with Crippen LogP contribution < -0.4 is 11.1 Å². The SMILES string of the molecule is N#CCCN(CCC(=O)Nc1ccc(N)cc1Cl)C1CC1. The molecule has 112 valence electrons. The molecule has 0 unspecified atom stereocenters. The number of benzene rings is 1. The summed E-state index contributed by atoms with van der Waals surface area (Å²) in [4.78, 5) is 14.2. The fourth-order valence-electron chi connectivity index (χ4n) is 2.20. The summed E-state index contributed by atoms with van der Waals surface area (Å²) in [6, 6.07) is 7.71. The summed E-state index contributed by atoms with van der Waals surface area (Å²) in [7, 11) is 0. The lowest BCUT2D eigenvalue weighted by Gasteiger charge is -2.20. The number of rotatable bonds is 7. The van der Waals surface area contributed by atoms with Gasteiger partial charge in [0.25, 0.3) is 0 Å². The average Bonchev–Trinajstić information content (AvgIpc) is 3.27. The molecule has 1 aromatic carbocycles. The van der Waals surface area contributed by atoms with Gasteiger partial charge in [0.15, 0.2) is 0 Å². The highest BCUT2D eigenvalue weighted by atomic mass is 35.5. The standard InChI is InChI=1S/C15H19ClN4O/c16-13-10-11(18)2-5-14(13)19-15(21)6-9-20(8-1-7-17)12-3-4-12/h2,5,10,12H,1,3-4,6,8-9,18H2,(H,19,21). The second-order valence-corrected chi connectivity index (χ2v) is 5.62. The van der Waals surface area contributed by atoms with Crippen molar-refractivity contribution in [2.45, 2.75) is 31.7 Å². The Labute approximate surface area is 129 Å². The molecule has 1 aliphatic carbocycles. The van der Waals surface area contributed by atoms with Gasteiger partial charge in [0.1, 0.15) is 0 Å². The summed E-state index contributed by atoms with van der Waals surface area (Å²) in [6.07, 6.45) is 3.22. The predicted molar refractivity (Wildman–Crippen MR) is 83.9 cm³/mol. The van der Waals surface area contributed by atoms with Gasteiger partial charge in [-0.3, -0.25) is 9.69 Å². The predicted octanol–water partition coefficient (Wildman–Crippen LogP) is 2.63. The van der Waals surface area contributed by atoms with Crippen LogP contribution in [0.25, 0.3) is 0 Å². The summed E-state index contributed by atoms with van der Waals surface area (Å²) in [5.74, 6) is -0.0794. The number of amides is 1. The normalized spacial score (nSPS) is 14.0. The van der Waals surface area contributed by atoms with Crippen LogP contribution in [-0.4, -0.2) is 29.9 Å². The quantitative estimate of drug-likeness (QED) is 0.759. The summed E-state index contributed by atoms with van der Waals surface area (Å²) in [6.45, 7) is 1.40. The van der Waals surface area contributed by atoms with Crippen LogP contribution >= 0.6 is 11.6 Å². The van der Waals surface area contributed by atoms with Crippen molar-refractivity contribution in [2.75, 3.05) is 24.1 Å². The number of halogens is 1. The third-order valence-corrected chi connectivity index (χ3v) is 3.78. The number of nitriles is 1. The first-order valence-corrected chi connectivity index (χ1v) is 7.44. The van der Waals surface area contributed by atoms with Gasteiger partial charge < -0.3 is 11.1 Å². The van der Waals surface area contributed by atoms with Crippen molar-refractivity contribution in [1.82, 2.24) is 4.90 Å². The van der Waals surface area contributed by atoms with Gasteiger partial charge in [-0.15, -0.1) is 0 Å². The zero-order valence-electron chi connectivity index (χ0n) is 11.8.